The van der Waals surface area contributed by atoms with Gasteiger partial charge in [-0.15, -0.1) is 0 Å². The maximum absolute atomic E-state index is 8.61. The van der Waals surface area contributed by atoms with Crippen LogP contribution in [0.4, 0.5) is 0 Å². The Morgan fingerprint density at radius 3 is 1.38 bits per heavy atom. The largest absolute Gasteiger partial charge is 0.198 e. The Kier molecular flexibility index (Phi) is 16.2. The van der Waals surface area contributed by atoms with E-state index in [0.717, 1.165) is 6.42 Å². The van der Waals surface area contributed by atoms with Gasteiger partial charge in [0.05, 0.1) is 12.0 Å². The van der Waals surface area contributed by atoms with Crippen molar-refractivity contribution in [2.24, 2.45) is 11.3 Å². The fraction of sp³-hybridized carbons (Fsp3) is 0.917. The molecule has 1 atom stereocenters. The highest BCUT2D eigenvalue weighted by molar-refractivity contribution is 4.89. The first-order valence-corrected chi connectivity index (χ1v) is 5.42. The highest BCUT2D eigenvalue weighted by Crippen LogP contribution is 2.27. The van der Waals surface area contributed by atoms with Gasteiger partial charge in [-0.2, -0.15) is 5.26 Å². The molecule has 1 unspecified atom stereocenters. The van der Waals surface area contributed by atoms with Crippen molar-refractivity contribution in [2.45, 2.75) is 61.8 Å². The van der Waals surface area contributed by atoms with Crippen molar-refractivity contribution in [3.8, 4) is 6.07 Å². The van der Waals surface area contributed by atoms with E-state index in [4.69, 9.17) is 5.26 Å². The minimum atomic E-state index is 0.156. The molecule has 80 valence electrons. The van der Waals surface area contributed by atoms with Crippen LogP contribution in [0.5, 0.6) is 0 Å². The number of hydrogen-bond acceptors (Lipinski definition) is 1. The molecule has 0 spiro atoms. The van der Waals surface area contributed by atoms with Gasteiger partial charge in [-0.3, -0.25) is 0 Å². The van der Waals surface area contributed by atoms with E-state index in [9.17, 15) is 0 Å². The molecule has 13 heavy (non-hydrogen) atoms. The molecule has 0 aromatic heterocycles. The minimum absolute atomic E-state index is 0.156. The highest BCUT2D eigenvalue weighted by atomic mass is 14.3. The average molecular weight is 185 g/mol. The topological polar surface area (TPSA) is 23.8 Å². The Morgan fingerprint density at radius 2 is 1.38 bits per heavy atom. The van der Waals surface area contributed by atoms with Crippen LogP contribution < -0.4 is 0 Å². The Morgan fingerprint density at radius 1 is 1.08 bits per heavy atom. The summed E-state index contributed by atoms with van der Waals surface area (Å²) in [6, 6.07) is 2.29. The Hall–Kier alpha value is -0.510. The van der Waals surface area contributed by atoms with Crippen molar-refractivity contribution >= 4 is 0 Å². The number of nitriles is 1. The number of hydrogen-bond donors (Lipinski definition) is 0. The molecule has 0 fully saturated rings. The van der Waals surface area contributed by atoms with Crippen LogP contribution in [0.3, 0.4) is 0 Å². The first-order chi connectivity index (χ1) is 6.02. The summed E-state index contributed by atoms with van der Waals surface area (Å²) in [6.45, 7) is 16.4. The van der Waals surface area contributed by atoms with E-state index < -0.39 is 0 Å². The van der Waals surface area contributed by atoms with Crippen molar-refractivity contribution in [3.05, 3.63) is 0 Å². The maximum atomic E-state index is 8.61. The van der Waals surface area contributed by atoms with Gasteiger partial charge in [0.25, 0.3) is 0 Å². The molecule has 0 heterocycles. The van der Waals surface area contributed by atoms with E-state index in [1.54, 1.807) is 0 Å². The third-order valence-corrected chi connectivity index (χ3v) is 1.61. The van der Waals surface area contributed by atoms with Gasteiger partial charge in [-0.1, -0.05) is 55.4 Å². The number of nitrogens with zero attached hydrogens (tertiary/aromatic N) is 1. The smallest absolute Gasteiger partial charge is 0.0661 e. The first kappa shape index (κ1) is 18.3. The molecular formula is C12H27N. The van der Waals surface area contributed by atoms with Crippen molar-refractivity contribution in [1.82, 2.24) is 0 Å². The molecule has 0 aliphatic heterocycles. The van der Waals surface area contributed by atoms with Gasteiger partial charge in [-0.05, 0) is 11.8 Å². The molecule has 0 radical (unpaired) electrons. The third kappa shape index (κ3) is 11.5. The highest BCUT2D eigenvalue weighted by Gasteiger charge is 2.21. The van der Waals surface area contributed by atoms with Crippen LogP contribution in [0.2, 0.25) is 0 Å². The summed E-state index contributed by atoms with van der Waals surface area (Å²) in [5.41, 5.74) is 0.156. The van der Waals surface area contributed by atoms with Crippen LogP contribution >= 0.6 is 0 Å². The standard InChI is InChI=1S/C8H15N.2C2H6/c1-5-7(6-9)8(2,3)4;2*1-2/h7H,5H2,1-4H3;2*1-2H3. The molecule has 0 N–H and O–H groups in total. The molecule has 0 aromatic carbocycles. The normalized spacial score (nSPS) is 11.0. The zero-order valence-corrected chi connectivity index (χ0v) is 10.7. The minimum Gasteiger partial charge on any atom is -0.198 e. The summed E-state index contributed by atoms with van der Waals surface area (Å²) in [4.78, 5) is 0. The van der Waals surface area contributed by atoms with Gasteiger partial charge in [0.1, 0.15) is 0 Å². The summed E-state index contributed by atoms with van der Waals surface area (Å²) >= 11 is 0. The van der Waals surface area contributed by atoms with E-state index in [-0.39, 0.29) is 11.3 Å². The van der Waals surface area contributed by atoms with Crippen molar-refractivity contribution in [3.63, 3.8) is 0 Å². The lowest BCUT2D eigenvalue weighted by molar-refractivity contribution is 0.293. The summed E-state index contributed by atoms with van der Waals surface area (Å²) in [6.07, 6.45) is 0.958. The van der Waals surface area contributed by atoms with Crippen LogP contribution in [0.15, 0.2) is 0 Å². The second kappa shape index (κ2) is 11.5. The average Bonchev–Trinajstić information content (AvgIpc) is 2.11. The molecule has 0 aromatic rings. The van der Waals surface area contributed by atoms with Gasteiger partial charge in [0.15, 0.2) is 0 Å². The maximum Gasteiger partial charge on any atom is 0.0661 e. The van der Waals surface area contributed by atoms with Crippen molar-refractivity contribution in [2.75, 3.05) is 0 Å². The van der Waals surface area contributed by atoms with Gasteiger partial charge in [0, 0.05) is 0 Å². The van der Waals surface area contributed by atoms with Gasteiger partial charge < -0.3 is 0 Å². The summed E-state index contributed by atoms with van der Waals surface area (Å²) in [5.74, 6) is 0.206. The summed E-state index contributed by atoms with van der Waals surface area (Å²) in [5, 5.41) is 8.61. The molecule has 0 saturated carbocycles. The van der Waals surface area contributed by atoms with Gasteiger partial charge in [0.2, 0.25) is 0 Å². The molecule has 1 nitrogen and oxygen atoms in total. The predicted octanol–water partition coefficient (Wildman–Crippen LogP) is 4.63. The molecule has 0 aliphatic carbocycles. The van der Waals surface area contributed by atoms with Crippen LogP contribution in [0, 0.1) is 22.7 Å². The second-order valence-corrected chi connectivity index (χ2v) is 3.46. The quantitative estimate of drug-likeness (QED) is 0.584. The van der Waals surface area contributed by atoms with Crippen LogP contribution in [-0.2, 0) is 0 Å². The van der Waals surface area contributed by atoms with E-state index in [1.165, 1.54) is 0 Å². The van der Waals surface area contributed by atoms with Crippen LogP contribution in [0.25, 0.3) is 0 Å². The van der Waals surface area contributed by atoms with Crippen molar-refractivity contribution < 1.29 is 0 Å². The van der Waals surface area contributed by atoms with Crippen LogP contribution in [0.1, 0.15) is 61.8 Å². The second-order valence-electron chi connectivity index (χ2n) is 3.46. The predicted molar refractivity (Wildman–Crippen MR) is 61.5 cm³/mol. The zero-order chi connectivity index (χ0) is 11.5. The van der Waals surface area contributed by atoms with E-state index in [0.29, 0.717) is 0 Å². The van der Waals surface area contributed by atoms with Crippen molar-refractivity contribution in [1.29, 1.82) is 5.26 Å². The van der Waals surface area contributed by atoms with E-state index in [1.807, 2.05) is 27.7 Å². The lowest BCUT2D eigenvalue weighted by atomic mass is 9.80. The SMILES string of the molecule is CC.CC.CCC(C#N)C(C)(C)C. The summed E-state index contributed by atoms with van der Waals surface area (Å²) < 4.78 is 0. The fourth-order valence-electron chi connectivity index (χ4n) is 0.897. The molecule has 1 heteroatoms. The Balaban J connectivity index is -0.000000218. The first-order valence-electron chi connectivity index (χ1n) is 5.42. The van der Waals surface area contributed by atoms with Crippen LogP contribution in [-0.4, -0.2) is 0 Å². The van der Waals surface area contributed by atoms with E-state index >= 15 is 0 Å². The summed E-state index contributed by atoms with van der Waals surface area (Å²) in [7, 11) is 0. The molecule has 0 amide bonds. The Labute approximate surface area is 85.2 Å². The molecule has 0 bridgehead atoms. The lowest BCUT2D eigenvalue weighted by Crippen LogP contribution is -2.17. The lowest BCUT2D eigenvalue weighted by Gasteiger charge is -2.22. The van der Waals surface area contributed by atoms with Gasteiger partial charge in [-0.25, -0.2) is 0 Å². The molecule has 0 saturated heterocycles. The zero-order valence-electron chi connectivity index (χ0n) is 10.7. The molecule has 0 rings (SSSR count). The fourth-order valence-corrected chi connectivity index (χ4v) is 0.897. The number of rotatable bonds is 1. The van der Waals surface area contributed by atoms with E-state index in [2.05, 4.69) is 33.8 Å². The third-order valence-electron chi connectivity index (χ3n) is 1.61. The monoisotopic (exact) mass is 185 g/mol. The molecule has 0 aliphatic rings. The van der Waals surface area contributed by atoms with Gasteiger partial charge >= 0.3 is 0 Å². The molecular weight excluding hydrogens is 158 g/mol. The Bertz CT molecular complexity index is 114.